The Morgan fingerprint density at radius 1 is 1.24 bits per heavy atom. The number of H-pyrrole nitrogens is 1. The van der Waals surface area contributed by atoms with E-state index in [1.54, 1.807) is 33.0 Å². The molecule has 2 aromatic heterocycles. The van der Waals surface area contributed by atoms with Gasteiger partial charge in [0.15, 0.2) is 5.82 Å². The minimum Gasteiger partial charge on any atom is -0.507 e. The van der Waals surface area contributed by atoms with Crippen molar-refractivity contribution < 1.29 is 23.6 Å². The molecule has 7 nitrogen and oxygen atoms in total. The zero-order valence-electron chi connectivity index (χ0n) is 16.0. The molecule has 29 heavy (non-hydrogen) atoms. The van der Waals surface area contributed by atoms with Crippen molar-refractivity contribution >= 4 is 23.3 Å². The number of rotatable bonds is 3. The van der Waals surface area contributed by atoms with E-state index < -0.39 is 23.5 Å². The molecule has 1 aliphatic heterocycles. The highest BCUT2D eigenvalue weighted by Crippen LogP contribution is 2.43. The number of benzene rings is 1. The van der Waals surface area contributed by atoms with Gasteiger partial charge in [-0.15, -0.1) is 0 Å². The Bertz CT molecular complexity index is 1150. The summed E-state index contributed by atoms with van der Waals surface area (Å²) in [6.45, 7) is 5.13. The molecule has 1 aromatic carbocycles. The fourth-order valence-electron chi connectivity index (χ4n) is 3.68. The molecular formula is C21H18FN3O4. The molecule has 1 aliphatic rings. The van der Waals surface area contributed by atoms with Crippen molar-refractivity contribution in [1.82, 2.24) is 10.1 Å². The monoisotopic (exact) mass is 395 g/mol. The second kappa shape index (κ2) is 6.73. The summed E-state index contributed by atoms with van der Waals surface area (Å²) in [5, 5.41) is 14.9. The summed E-state index contributed by atoms with van der Waals surface area (Å²) in [6, 6.07) is 6.10. The van der Waals surface area contributed by atoms with Crippen LogP contribution in [0.25, 0.3) is 5.76 Å². The van der Waals surface area contributed by atoms with Crippen molar-refractivity contribution in [3.05, 3.63) is 76.1 Å². The third-order valence-electron chi connectivity index (χ3n) is 5.02. The van der Waals surface area contributed by atoms with Gasteiger partial charge < -0.3 is 14.6 Å². The van der Waals surface area contributed by atoms with Crippen LogP contribution in [0.2, 0.25) is 0 Å². The van der Waals surface area contributed by atoms with Gasteiger partial charge in [-0.2, -0.15) is 0 Å². The van der Waals surface area contributed by atoms with Crippen molar-refractivity contribution in [3.63, 3.8) is 0 Å². The van der Waals surface area contributed by atoms with Crippen LogP contribution in [0.5, 0.6) is 0 Å². The number of halogens is 1. The number of nitrogens with one attached hydrogen (secondary N) is 1. The normalized spacial score (nSPS) is 18.6. The molecule has 1 unspecified atom stereocenters. The van der Waals surface area contributed by atoms with Crippen molar-refractivity contribution in [1.29, 1.82) is 0 Å². The van der Waals surface area contributed by atoms with E-state index in [4.69, 9.17) is 4.52 Å². The maximum Gasteiger partial charge on any atom is 0.301 e. The average molecular weight is 395 g/mol. The van der Waals surface area contributed by atoms with E-state index in [1.807, 2.05) is 0 Å². The Morgan fingerprint density at radius 3 is 2.55 bits per heavy atom. The number of hydrogen-bond acceptors (Lipinski definition) is 5. The number of carbonyl (C=O) groups excluding carboxylic acids is 2. The van der Waals surface area contributed by atoms with Crippen LogP contribution in [0.1, 0.15) is 34.2 Å². The second-order valence-corrected chi connectivity index (χ2v) is 6.96. The first kappa shape index (κ1) is 18.7. The van der Waals surface area contributed by atoms with E-state index in [-0.39, 0.29) is 22.7 Å². The van der Waals surface area contributed by atoms with Crippen LogP contribution in [0, 0.1) is 26.6 Å². The molecule has 148 valence electrons. The van der Waals surface area contributed by atoms with E-state index in [2.05, 4.69) is 10.1 Å². The second-order valence-electron chi connectivity index (χ2n) is 6.96. The van der Waals surface area contributed by atoms with Crippen LogP contribution in [0.3, 0.4) is 0 Å². The molecule has 1 saturated heterocycles. The summed E-state index contributed by atoms with van der Waals surface area (Å²) in [5.41, 5.74) is 1.58. The molecule has 4 rings (SSSR count). The molecule has 1 atom stereocenters. The molecular weight excluding hydrogens is 377 g/mol. The Labute approximate surface area is 165 Å². The molecule has 0 spiro atoms. The summed E-state index contributed by atoms with van der Waals surface area (Å²) in [4.78, 5) is 29.9. The number of ketones is 1. The molecule has 0 saturated carbocycles. The third kappa shape index (κ3) is 2.84. The van der Waals surface area contributed by atoms with Crippen LogP contribution < -0.4 is 4.90 Å². The van der Waals surface area contributed by atoms with Gasteiger partial charge in [0, 0.05) is 29.1 Å². The maximum absolute atomic E-state index is 14.7. The van der Waals surface area contributed by atoms with Crippen LogP contribution in [0.4, 0.5) is 10.2 Å². The molecule has 0 radical (unpaired) electrons. The predicted molar refractivity (Wildman–Crippen MR) is 103 cm³/mol. The van der Waals surface area contributed by atoms with Crippen LogP contribution in [-0.2, 0) is 9.59 Å². The SMILES string of the molecule is Cc1cc(N2C(=O)C(=O)/C(=C(/O)c3c(C)c[nH]c3C)C2c2ccccc2F)no1. The van der Waals surface area contributed by atoms with E-state index in [9.17, 15) is 19.1 Å². The molecule has 8 heteroatoms. The van der Waals surface area contributed by atoms with E-state index >= 15 is 0 Å². The summed E-state index contributed by atoms with van der Waals surface area (Å²) >= 11 is 0. The number of hydrogen-bond donors (Lipinski definition) is 2. The Balaban J connectivity index is 2.01. The minimum absolute atomic E-state index is 0.0689. The van der Waals surface area contributed by atoms with Crippen LogP contribution in [-0.4, -0.2) is 26.9 Å². The molecule has 1 amide bonds. The van der Waals surface area contributed by atoms with Crippen molar-refractivity contribution in [2.75, 3.05) is 4.90 Å². The number of nitrogens with zero attached hydrogens (tertiary/aromatic N) is 2. The van der Waals surface area contributed by atoms with Crippen LogP contribution >= 0.6 is 0 Å². The van der Waals surface area contributed by atoms with E-state index in [1.165, 1.54) is 24.3 Å². The Kier molecular flexibility index (Phi) is 4.34. The first-order chi connectivity index (χ1) is 13.8. The van der Waals surface area contributed by atoms with Gasteiger partial charge in [0.1, 0.15) is 17.3 Å². The molecule has 3 heterocycles. The molecule has 0 aliphatic carbocycles. The van der Waals surface area contributed by atoms with Crippen molar-refractivity contribution in [3.8, 4) is 0 Å². The lowest BCUT2D eigenvalue weighted by molar-refractivity contribution is -0.132. The van der Waals surface area contributed by atoms with Gasteiger partial charge in [-0.25, -0.2) is 4.39 Å². The van der Waals surface area contributed by atoms with Gasteiger partial charge in [-0.05, 0) is 32.4 Å². The van der Waals surface area contributed by atoms with Gasteiger partial charge in [-0.3, -0.25) is 14.5 Å². The van der Waals surface area contributed by atoms with Gasteiger partial charge in [0.05, 0.1) is 11.6 Å². The first-order valence-electron chi connectivity index (χ1n) is 8.95. The molecule has 3 aromatic rings. The quantitative estimate of drug-likeness (QED) is 0.400. The van der Waals surface area contributed by atoms with Gasteiger partial charge >= 0.3 is 5.91 Å². The number of carbonyl (C=O) groups is 2. The van der Waals surface area contributed by atoms with Gasteiger partial charge in [0.2, 0.25) is 0 Å². The summed E-state index contributed by atoms with van der Waals surface area (Å²) in [7, 11) is 0. The summed E-state index contributed by atoms with van der Waals surface area (Å²) in [5.74, 6) is -2.32. The summed E-state index contributed by atoms with van der Waals surface area (Å²) in [6.07, 6.45) is 1.68. The zero-order valence-corrected chi connectivity index (χ0v) is 16.0. The van der Waals surface area contributed by atoms with Gasteiger partial charge in [0.25, 0.3) is 5.78 Å². The number of amides is 1. The number of aliphatic hydroxyl groups excluding tert-OH is 1. The zero-order chi connectivity index (χ0) is 20.9. The highest BCUT2D eigenvalue weighted by Gasteiger charge is 2.49. The maximum atomic E-state index is 14.7. The fourth-order valence-corrected chi connectivity index (χ4v) is 3.68. The largest absolute Gasteiger partial charge is 0.507 e. The number of aromatic nitrogens is 2. The lowest BCUT2D eigenvalue weighted by atomic mass is 9.94. The summed E-state index contributed by atoms with van der Waals surface area (Å²) < 4.78 is 19.8. The standard InChI is InChI=1S/C21H18FN3O4/c1-10-9-23-12(3)16(10)19(26)17-18(13-6-4-5-7-14(13)22)25(21(28)20(17)27)15-8-11(2)29-24-15/h4-9,18,23,26H,1-3H3/b19-17+. The first-order valence-corrected chi connectivity index (χ1v) is 8.95. The number of aryl methyl sites for hydroxylation is 3. The van der Waals surface area contributed by atoms with Crippen LogP contribution in [0.15, 0.2) is 46.6 Å². The minimum atomic E-state index is -1.19. The molecule has 1 fully saturated rings. The molecule has 0 bridgehead atoms. The third-order valence-corrected chi connectivity index (χ3v) is 5.02. The predicted octanol–water partition coefficient (Wildman–Crippen LogP) is 3.69. The van der Waals surface area contributed by atoms with Crippen molar-refractivity contribution in [2.24, 2.45) is 0 Å². The van der Waals surface area contributed by atoms with E-state index in [0.29, 0.717) is 22.6 Å². The highest BCUT2D eigenvalue weighted by atomic mass is 19.1. The lowest BCUT2D eigenvalue weighted by Gasteiger charge is -2.23. The number of anilines is 1. The average Bonchev–Trinajstić information content (AvgIpc) is 3.32. The number of Topliss-reactive ketones (excluding diaryl/α,β-unsaturated/α-hetero) is 1. The molecule has 2 N–H and O–H groups in total. The van der Waals surface area contributed by atoms with Gasteiger partial charge in [-0.1, -0.05) is 23.4 Å². The Morgan fingerprint density at radius 2 is 1.97 bits per heavy atom. The number of aliphatic hydroxyl groups is 1. The number of aromatic amines is 1. The highest BCUT2D eigenvalue weighted by molar-refractivity contribution is 6.51. The van der Waals surface area contributed by atoms with E-state index in [0.717, 1.165) is 4.90 Å². The fraction of sp³-hybridized carbons (Fsp3) is 0.190. The topological polar surface area (TPSA) is 99.4 Å². The lowest BCUT2D eigenvalue weighted by Crippen LogP contribution is -2.30. The smallest absolute Gasteiger partial charge is 0.301 e. The van der Waals surface area contributed by atoms with Crippen molar-refractivity contribution in [2.45, 2.75) is 26.8 Å². The Hall–Kier alpha value is -3.68.